The SMILES string of the molecule is CCOC(=O)CCNC(=O)c1cccc2c3c([nH]c12)CC[C@H](C)C3. The maximum absolute atomic E-state index is 12.5. The Bertz CT molecular complexity index is 763. The second-order valence-corrected chi connectivity index (χ2v) is 6.47. The summed E-state index contributed by atoms with van der Waals surface area (Å²) in [5, 5.41) is 3.96. The summed E-state index contributed by atoms with van der Waals surface area (Å²) >= 11 is 0. The van der Waals surface area contributed by atoms with Gasteiger partial charge in [0.05, 0.1) is 24.1 Å². The van der Waals surface area contributed by atoms with Crippen molar-refractivity contribution in [3.8, 4) is 0 Å². The van der Waals surface area contributed by atoms with Crippen molar-refractivity contribution in [3.05, 3.63) is 35.0 Å². The molecule has 0 radical (unpaired) electrons. The summed E-state index contributed by atoms with van der Waals surface area (Å²) in [6.07, 6.45) is 3.47. The Hall–Kier alpha value is -2.30. The van der Waals surface area contributed by atoms with Gasteiger partial charge in [0.15, 0.2) is 0 Å². The van der Waals surface area contributed by atoms with Gasteiger partial charge in [-0.05, 0) is 43.7 Å². The van der Waals surface area contributed by atoms with E-state index in [2.05, 4.69) is 23.3 Å². The molecular weight excluding hydrogens is 304 g/mol. The van der Waals surface area contributed by atoms with E-state index in [4.69, 9.17) is 4.74 Å². The van der Waals surface area contributed by atoms with Crippen LogP contribution in [0.1, 0.15) is 48.3 Å². The number of carbonyl (C=O) groups excluding carboxylic acids is 2. The van der Waals surface area contributed by atoms with Crippen LogP contribution in [0.5, 0.6) is 0 Å². The van der Waals surface area contributed by atoms with Gasteiger partial charge in [-0.3, -0.25) is 9.59 Å². The molecule has 0 unspecified atom stereocenters. The Morgan fingerprint density at radius 3 is 3.00 bits per heavy atom. The second-order valence-electron chi connectivity index (χ2n) is 6.47. The number of hydrogen-bond donors (Lipinski definition) is 2. The van der Waals surface area contributed by atoms with E-state index >= 15 is 0 Å². The molecule has 2 aromatic rings. The molecule has 1 aliphatic carbocycles. The quantitative estimate of drug-likeness (QED) is 0.829. The average Bonchev–Trinajstić information content (AvgIpc) is 2.93. The molecule has 5 heteroatoms. The number of carbonyl (C=O) groups is 2. The van der Waals surface area contributed by atoms with Crippen molar-refractivity contribution < 1.29 is 14.3 Å². The van der Waals surface area contributed by atoms with E-state index in [0.717, 1.165) is 23.7 Å². The van der Waals surface area contributed by atoms with Crippen LogP contribution in [0.15, 0.2) is 18.2 Å². The predicted octanol–water partition coefficient (Wildman–Crippen LogP) is 2.98. The summed E-state index contributed by atoms with van der Waals surface area (Å²) in [6.45, 7) is 4.68. The zero-order chi connectivity index (χ0) is 17.1. The Morgan fingerprint density at radius 1 is 1.38 bits per heavy atom. The normalized spacial score (nSPS) is 16.7. The van der Waals surface area contributed by atoms with E-state index in [1.54, 1.807) is 6.92 Å². The summed E-state index contributed by atoms with van der Waals surface area (Å²) in [4.78, 5) is 27.3. The van der Waals surface area contributed by atoms with Crippen LogP contribution in [0.3, 0.4) is 0 Å². The molecule has 1 atom stereocenters. The maximum atomic E-state index is 12.5. The smallest absolute Gasteiger partial charge is 0.307 e. The fourth-order valence-electron chi connectivity index (χ4n) is 3.41. The number of aryl methyl sites for hydroxylation is 1. The average molecular weight is 328 g/mol. The van der Waals surface area contributed by atoms with Gasteiger partial charge >= 0.3 is 5.97 Å². The van der Waals surface area contributed by atoms with Crippen LogP contribution in [-0.4, -0.2) is 30.0 Å². The van der Waals surface area contributed by atoms with Crippen molar-refractivity contribution >= 4 is 22.8 Å². The first-order valence-electron chi connectivity index (χ1n) is 8.66. The highest BCUT2D eigenvalue weighted by Gasteiger charge is 2.22. The molecule has 5 nitrogen and oxygen atoms in total. The number of hydrogen-bond acceptors (Lipinski definition) is 3. The molecule has 0 aliphatic heterocycles. The lowest BCUT2D eigenvalue weighted by atomic mass is 9.87. The second kappa shape index (κ2) is 7.07. The first-order chi connectivity index (χ1) is 11.6. The maximum Gasteiger partial charge on any atom is 0.307 e. The third-order valence-corrected chi connectivity index (χ3v) is 4.63. The lowest BCUT2D eigenvalue weighted by Gasteiger charge is -2.17. The molecule has 0 saturated carbocycles. The van der Waals surface area contributed by atoms with E-state index in [9.17, 15) is 9.59 Å². The van der Waals surface area contributed by atoms with Crippen molar-refractivity contribution in [3.63, 3.8) is 0 Å². The minimum atomic E-state index is -0.291. The number of amides is 1. The first-order valence-corrected chi connectivity index (χ1v) is 8.66. The molecule has 1 heterocycles. The third kappa shape index (κ3) is 3.30. The standard InChI is InChI=1S/C19H24N2O3/c1-3-24-17(22)9-10-20-19(23)14-6-4-5-13-15-11-12(2)7-8-16(15)21-18(13)14/h4-6,12,21H,3,7-11H2,1-2H3,(H,20,23)/t12-/m0/s1. The number of benzene rings is 1. The molecule has 2 N–H and O–H groups in total. The van der Waals surface area contributed by atoms with Gasteiger partial charge in [-0.15, -0.1) is 0 Å². The highest BCUT2D eigenvalue weighted by Crippen LogP contribution is 2.32. The van der Waals surface area contributed by atoms with Crippen molar-refractivity contribution in [2.24, 2.45) is 5.92 Å². The van der Waals surface area contributed by atoms with Gasteiger partial charge in [0.2, 0.25) is 0 Å². The molecule has 0 fully saturated rings. The number of esters is 1. The van der Waals surface area contributed by atoms with Gasteiger partial charge in [0, 0.05) is 17.6 Å². The van der Waals surface area contributed by atoms with Gasteiger partial charge in [-0.25, -0.2) is 0 Å². The summed E-state index contributed by atoms with van der Waals surface area (Å²) in [6, 6.07) is 5.83. The highest BCUT2D eigenvalue weighted by molar-refractivity contribution is 6.06. The monoisotopic (exact) mass is 328 g/mol. The Labute approximate surface area is 141 Å². The van der Waals surface area contributed by atoms with E-state index < -0.39 is 0 Å². The van der Waals surface area contributed by atoms with E-state index in [1.807, 2.05) is 12.1 Å². The zero-order valence-electron chi connectivity index (χ0n) is 14.3. The molecule has 24 heavy (non-hydrogen) atoms. The largest absolute Gasteiger partial charge is 0.466 e. The fraction of sp³-hybridized carbons (Fsp3) is 0.474. The van der Waals surface area contributed by atoms with Gasteiger partial charge < -0.3 is 15.0 Å². The number of nitrogens with one attached hydrogen (secondary N) is 2. The van der Waals surface area contributed by atoms with Crippen LogP contribution >= 0.6 is 0 Å². The number of para-hydroxylation sites is 1. The van der Waals surface area contributed by atoms with Crippen LogP contribution in [0.25, 0.3) is 10.9 Å². The van der Waals surface area contributed by atoms with Crippen molar-refractivity contribution in [1.29, 1.82) is 0 Å². The van der Waals surface area contributed by atoms with Crippen LogP contribution in [0.4, 0.5) is 0 Å². The minimum absolute atomic E-state index is 0.156. The molecule has 0 saturated heterocycles. The summed E-state index contributed by atoms with van der Waals surface area (Å²) < 4.78 is 4.87. The zero-order valence-corrected chi connectivity index (χ0v) is 14.3. The molecular formula is C19H24N2O3. The Morgan fingerprint density at radius 2 is 2.21 bits per heavy atom. The predicted molar refractivity (Wildman–Crippen MR) is 93.1 cm³/mol. The Balaban J connectivity index is 1.77. The topological polar surface area (TPSA) is 71.2 Å². The lowest BCUT2D eigenvalue weighted by Crippen LogP contribution is -2.26. The molecule has 3 rings (SSSR count). The molecule has 0 spiro atoms. The number of rotatable bonds is 5. The van der Waals surface area contributed by atoms with Crippen LogP contribution in [0, 0.1) is 5.92 Å². The fourth-order valence-corrected chi connectivity index (χ4v) is 3.41. The van der Waals surface area contributed by atoms with Crippen molar-refractivity contribution in [2.75, 3.05) is 13.2 Å². The summed E-state index contributed by atoms with van der Waals surface area (Å²) in [5.41, 5.74) is 4.16. The number of fused-ring (bicyclic) bond motifs is 3. The van der Waals surface area contributed by atoms with E-state index in [-0.39, 0.29) is 24.8 Å². The highest BCUT2D eigenvalue weighted by atomic mass is 16.5. The Kier molecular flexibility index (Phi) is 4.88. The van der Waals surface area contributed by atoms with E-state index in [1.165, 1.54) is 17.7 Å². The van der Waals surface area contributed by atoms with Crippen molar-refractivity contribution in [2.45, 2.75) is 39.5 Å². The van der Waals surface area contributed by atoms with Crippen molar-refractivity contribution in [1.82, 2.24) is 10.3 Å². The van der Waals surface area contributed by atoms with Gasteiger partial charge in [-0.2, -0.15) is 0 Å². The molecule has 1 aliphatic rings. The number of aromatic amines is 1. The van der Waals surface area contributed by atoms with Crippen LogP contribution in [0.2, 0.25) is 0 Å². The number of aromatic nitrogens is 1. The van der Waals surface area contributed by atoms with Crippen LogP contribution in [-0.2, 0) is 22.4 Å². The molecule has 128 valence electrons. The minimum Gasteiger partial charge on any atom is -0.466 e. The van der Waals surface area contributed by atoms with Gasteiger partial charge in [0.25, 0.3) is 5.91 Å². The van der Waals surface area contributed by atoms with Gasteiger partial charge in [0.1, 0.15) is 0 Å². The molecule has 1 aromatic carbocycles. The molecule has 0 bridgehead atoms. The van der Waals surface area contributed by atoms with Crippen LogP contribution < -0.4 is 5.32 Å². The lowest BCUT2D eigenvalue weighted by molar-refractivity contribution is -0.142. The third-order valence-electron chi connectivity index (χ3n) is 4.63. The molecule has 1 amide bonds. The van der Waals surface area contributed by atoms with Gasteiger partial charge in [-0.1, -0.05) is 19.1 Å². The molecule has 1 aromatic heterocycles. The first kappa shape index (κ1) is 16.6. The number of ether oxygens (including phenoxy) is 1. The summed E-state index contributed by atoms with van der Waals surface area (Å²) in [7, 11) is 0. The van der Waals surface area contributed by atoms with E-state index in [0.29, 0.717) is 18.1 Å². The number of H-pyrrole nitrogens is 1. The summed E-state index contributed by atoms with van der Waals surface area (Å²) in [5.74, 6) is 0.232.